The standard InChI is InChI=1S/C32H34N2O2.C31H33N5O/c1-5-24-7-10-25(11-8-24)26-14-16-34(17-15-26)32(36)27-9-6-23(4)29(19-27)20-30-13-12-28(21-33-30)31(35)18-22(2)3;1-20(2)33-29-11-10-25-17-28(34-30(25)35-29)18-27-16-26(7-4-21(27)3)31(37)36-14-12-24(13-15-36)23-8-5-22(19-32)6-9-23/h1,6-13,19,21-22,26H,14-18,20H2,2-4H3;4-11,16,20,24H,12-15,17-18H2,1-3H3,(H,33,35). The fraction of sp³-hybridized carbons (Fsp3) is 0.349. The Kier molecular flexibility index (Phi) is 16.8. The Labute approximate surface area is 432 Å². The molecule has 10 nitrogen and oxygen atoms in total. The molecule has 2 amide bonds. The lowest BCUT2D eigenvalue weighted by Crippen LogP contribution is -2.38. The number of hydrogen-bond donors (Lipinski definition) is 1. The van der Waals surface area contributed by atoms with Gasteiger partial charge in [0.05, 0.1) is 11.6 Å². The fourth-order valence-corrected chi connectivity index (χ4v) is 10.1. The number of pyridine rings is 2. The molecule has 0 atom stereocenters. The van der Waals surface area contributed by atoms with Gasteiger partial charge in [0.25, 0.3) is 11.8 Å². The molecule has 3 aliphatic rings. The second kappa shape index (κ2) is 23.7. The van der Waals surface area contributed by atoms with Crippen LogP contribution < -0.4 is 5.32 Å². The maximum atomic E-state index is 13.4. The monoisotopic (exact) mass is 970 g/mol. The lowest BCUT2D eigenvalue weighted by Gasteiger charge is -2.32. The number of amides is 2. The van der Waals surface area contributed by atoms with Crippen molar-refractivity contribution in [1.29, 1.82) is 5.26 Å². The summed E-state index contributed by atoms with van der Waals surface area (Å²) in [6.07, 6.45) is 13.6. The molecule has 2 aromatic heterocycles. The molecule has 4 aromatic carbocycles. The highest BCUT2D eigenvalue weighted by atomic mass is 16.2. The van der Waals surface area contributed by atoms with Gasteiger partial charge >= 0.3 is 0 Å². The van der Waals surface area contributed by atoms with E-state index in [0.717, 1.165) is 127 Å². The first-order chi connectivity index (χ1) is 35.2. The third-order valence-electron chi connectivity index (χ3n) is 14.4. The number of nitrogens with one attached hydrogen (secondary N) is 1. The quantitative estimate of drug-likeness (QED) is 0.0900. The van der Waals surface area contributed by atoms with Gasteiger partial charge in [-0.2, -0.15) is 5.26 Å². The summed E-state index contributed by atoms with van der Waals surface area (Å²) in [5.41, 5.74) is 13.9. The van der Waals surface area contributed by atoms with Crippen molar-refractivity contribution < 1.29 is 14.4 Å². The first-order valence-corrected chi connectivity index (χ1v) is 25.9. The minimum Gasteiger partial charge on any atom is -0.368 e. The lowest BCUT2D eigenvalue weighted by molar-refractivity contribution is 0.0705. The molecule has 73 heavy (non-hydrogen) atoms. The van der Waals surface area contributed by atoms with Crippen LogP contribution in [0.5, 0.6) is 0 Å². The molecule has 0 bridgehead atoms. The Morgan fingerprint density at radius 2 is 1.22 bits per heavy atom. The third kappa shape index (κ3) is 13.2. The molecule has 6 aromatic rings. The summed E-state index contributed by atoms with van der Waals surface area (Å²) in [5, 5.41) is 12.4. The number of aliphatic imine (C=N–C) groups is 1. The Hall–Kier alpha value is -7.69. The zero-order chi connectivity index (χ0) is 51.6. The zero-order valence-corrected chi connectivity index (χ0v) is 43.2. The molecule has 0 unspecified atom stereocenters. The largest absolute Gasteiger partial charge is 0.368 e. The number of aromatic nitrogens is 2. The number of ketones is 1. The Bertz CT molecular complexity index is 3050. The number of anilines is 1. The molecular formula is C63H67N7O3. The van der Waals surface area contributed by atoms with E-state index in [1.165, 1.54) is 16.7 Å². The first kappa shape index (κ1) is 51.7. The van der Waals surface area contributed by atoms with Crippen LogP contribution in [0.15, 0.2) is 120 Å². The van der Waals surface area contributed by atoms with Gasteiger partial charge < -0.3 is 15.1 Å². The highest BCUT2D eigenvalue weighted by Gasteiger charge is 2.27. The van der Waals surface area contributed by atoms with E-state index in [0.29, 0.717) is 47.8 Å². The first-order valence-electron chi connectivity index (χ1n) is 25.9. The van der Waals surface area contributed by atoms with E-state index in [9.17, 15) is 14.4 Å². The summed E-state index contributed by atoms with van der Waals surface area (Å²) in [5.74, 6) is 5.83. The summed E-state index contributed by atoms with van der Waals surface area (Å²) >= 11 is 0. The van der Waals surface area contributed by atoms with E-state index in [-0.39, 0.29) is 17.6 Å². The Balaban J connectivity index is 0.000000195. The molecular weight excluding hydrogens is 903 g/mol. The molecule has 0 spiro atoms. The van der Waals surface area contributed by atoms with Crippen LogP contribution in [-0.4, -0.2) is 75.3 Å². The number of piperidine rings is 2. The van der Waals surface area contributed by atoms with E-state index >= 15 is 0 Å². The van der Waals surface area contributed by atoms with Gasteiger partial charge in [-0.3, -0.25) is 19.4 Å². The van der Waals surface area contributed by atoms with Crippen LogP contribution in [0.4, 0.5) is 11.6 Å². The van der Waals surface area contributed by atoms with Crippen molar-refractivity contribution in [3.8, 4) is 18.4 Å². The predicted molar refractivity (Wildman–Crippen MR) is 292 cm³/mol. The van der Waals surface area contributed by atoms with Crippen molar-refractivity contribution in [3.63, 3.8) is 0 Å². The lowest BCUT2D eigenvalue weighted by atomic mass is 9.88. The van der Waals surface area contributed by atoms with E-state index in [1.807, 2.05) is 103 Å². The van der Waals surface area contributed by atoms with Gasteiger partial charge in [0, 0.05) is 103 Å². The SMILES string of the molecule is C#Cc1ccc(C2CCN(C(=O)c3ccc(C)c(Cc4ccc(C(=O)CC(C)C)cn4)c3)CC2)cc1.Cc1ccc(C(=O)N2CCC(c3ccc(C#N)cc3)CC2)cc1CC1=Nc2nc(NC(C)C)ccc2C1. The van der Waals surface area contributed by atoms with Crippen LogP contribution >= 0.6 is 0 Å². The minimum absolute atomic E-state index is 0.0833. The number of nitriles is 1. The molecule has 372 valence electrons. The second-order valence-corrected chi connectivity index (χ2v) is 20.7. The number of fused-ring (bicyclic) bond motifs is 1. The van der Waals surface area contributed by atoms with Crippen LogP contribution in [0.3, 0.4) is 0 Å². The van der Waals surface area contributed by atoms with Gasteiger partial charge in [-0.05, 0) is 171 Å². The van der Waals surface area contributed by atoms with E-state index < -0.39 is 0 Å². The summed E-state index contributed by atoms with van der Waals surface area (Å²) < 4.78 is 0. The molecule has 9 rings (SSSR count). The van der Waals surface area contributed by atoms with Crippen molar-refractivity contribution in [2.75, 3.05) is 31.5 Å². The highest BCUT2D eigenvalue weighted by molar-refractivity contribution is 5.98. The van der Waals surface area contributed by atoms with E-state index in [2.05, 4.69) is 85.3 Å². The number of benzene rings is 4. The van der Waals surface area contributed by atoms with Crippen molar-refractivity contribution in [2.24, 2.45) is 10.9 Å². The van der Waals surface area contributed by atoms with Gasteiger partial charge in [-0.1, -0.05) is 62.2 Å². The maximum absolute atomic E-state index is 13.4. The number of terminal acetylenes is 1. The van der Waals surface area contributed by atoms with Crippen LogP contribution in [0.2, 0.25) is 0 Å². The molecule has 2 saturated heterocycles. The number of aryl methyl sites for hydroxylation is 2. The maximum Gasteiger partial charge on any atom is 0.253 e. The van der Waals surface area contributed by atoms with Gasteiger partial charge in [0.1, 0.15) is 5.82 Å². The van der Waals surface area contributed by atoms with E-state index in [4.69, 9.17) is 16.7 Å². The molecule has 0 radical (unpaired) electrons. The highest BCUT2D eigenvalue weighted by Crippen LogP contribution is 2.32. The van der Waals surface area contributed by atoms with Gasteiger partial charge in [0.2, 0.25) is 0 Å². The average molecular weight is 970 g/mol. The molecule has 2 fully saturated rings. The van der Waals surface area contributed by atoms with Crippen molar-refractivity contribution in [1.82, 2.24) is 19.8 Å². The molecule has 10 heteroatoms. The van der Waals surface area contributed by atoms with Crippen LogP contribution in [0.25, 0.3) is 0 Å². The van der Waals surface area contributed by atoms with Crippen LogP contribution in [-0.2, 0) is 19.3 Å². The number of hydrogen-bond acceptors (Lipinski definition) is 8. The topological polar surface area (TPSA) is 132 Å². The number of nitrogens with zero attached hydrogens (tertiary/aromatic N) is 6. The minimum atomic E-state index is 0.0833. The van der Waals surface area contributed by atoms with Crippen molar-refractivity contribution in [2.45, 2.75) is 111 Å². The summed E-state index contributed by atoms with van der Waals surface area (Å²) in [6, 6.07) is 38.5. The molecule has 0 aliphatic carbocycles. The van der Waals surface area contributed by atoms with E-state index in [1.54, 1.807) is 6.20 Å². The second-order valence-electron chi connectivity index (χ2n) is 20.7. The average Bonchev–Trinajstić information content (AvgIpc) is 3.81. The number of carbonyl (C=O) groups is 3. The Morgan fingerprint density at radius 1 is 0.685 bits per heavy atom. The van der Waals surface area contributed by atoms with Gasteiger partial charge in [0.15, 0.2) is 11.6 Å². The van der Waals surface area contributed by atoms with Gasteiger partial charge in [-0.25, -0.2) is 9.98 Å². The number of rotatable bonds is 13. The molecule has 1 N–H and O–H groups in total. The third-order valence-corrected chi connectivity index (χ3v) is 14.4. The van der Waals surface area contributed by atoms with Crippen LogP contribution in [0.1, 0.15) is 158 Å². The predicted octanol–water partition coefficient (Wildman–Crippen LogP) is 12.2. The fourth-order valence-electron chi connectivity index (χ4n) is 10.1. The number of carbonyl (C=O) groups excluding carboxylic acids is 3. The van der Waals surface area contributed by atoms with Crippen LogP contribution in [0, 0.1) is 43.4 Å². The summed E-state index contributed by atoms with van der Waals surface area (Å²) in [7, 11) is 0. The molecule has 3 aliphatic heterocycles. The summed E-state index contributed by atoms with van der Waals surface area (Å²) in [6.45, 7) is 15.4. The smallest absolute Gasteiger partial charge is 0.253 e. The Morgan fingerprint density at radius 3 is 1.71 bits per heavy atom. The normalized spacial score (nSPS) is 14.7. The van der Waals surface area contributed by atoms with Gasteiger partial charge in [-0.15, -0.1) is 6.42 Å². The molecule has 0 saturated carbocycles. The number of Topliss-reactive ketones (excluding diaryl/α,β-unsaturated/α-hetero) is 1. The summed E-state index contributed by atoms with van der Waals surface area (Å²) in [4.78, 5) is 56.9. The zero-order valence-electron chi connectivity index (χ0n) is 43.2. The van der Waals surface area contributed by atoms with Crippen molar-refractivity contribution in [3.05, 3.63) is 188 Å². The number of likely N-dealkylation sites (tertiary alicyclic amines) is 2. The van der Waals surface area contributed by atoms with Crippen molar-refractivity contribution >= 4 is 34.9 Å². The molecule has 5 heterocycles.